The lowest BCUT2D eigenvalue weighted by Crippen LogP contribution is -2.03. The second-order valence-electron chi connectivity index (χ2n) is 2.98. The standard InChI is InChI=1S/C8H9N5O/c1-13-5-6(3-10-13)2-8(14)7-4-9-12-11-7/h3-5H,2H2,1H3,(H,9,11,12). The minimum atomic E-state index is -0.0632. The van der Waals surface area contributed by atoms with Crippen LogP contribution in [-0.2, 0) is 13.5 Å². The topological polar surface area (TPSA) is 76.5 Å². The first-order valence-corrected chi connectivity index (χ1v) is 4.12. The van der Waals surface area contributed by atoms with E-state index < -0.39 is 0 Å². The second kappa shape index (κ2) is 3.41. The number of carbonyl (C=O) groups is 1. The number of aromatic nitrogens is 5. The van der Waals surface area contributed by atoms with Gasteiger partial charge in [-0.25, -0.2) is 0 Å². The van der Waals surface area contributed by atoms with Gasteiger partial charge in [0.2, 0.25) is 0 Å². The molecule has 72 valence electrons. The zero-order valence-electron chi connectivity index (χ0n) is 7.64. The predicted octanol–water partition coefficient (Wildman–Crippen LogP) is -0.0364. The second-order valence-corrected chi connectivity index (χ2v) is 2.98. The van der Waals surface area contributed by atoms with Crippen LogP contribution >= 0.6 is 0 Å². The minimum Gasteiger partial charge on any atom is -0.292 e. The summed E-state index contributed by atoms with van der Waals surface area (Å²) in [6.45, 7) is 0. The highest BCUT2D eigenvalue weighted by Crippen LogP contribution is 2.02. The zero-order chi connectivity index (χ0) is 9.97. The Morgan fingerprint density at radius 2 is 2.43 bits per heavy atom. The molecule has 14 heavy (non-hydrogen) atoms. The van der Waals surface area contributed by atoms with Crippen LogP contribution in [-0.4, -0.2) is 31.0 Å². The van der Waals surface area contributed by atoms with Crippen molar-refractivity contribution in [1.29, 1.82) is 0 Å². The molecular weight excluding hydrogens is 182 g/mol. The number of H-pyrrole nitrogens is 1. The molecule has 0 saturated heterocycles. The van der Waals surface area contributed by atoms with Gasteiger partial charge in [0.15, 0.2) is 5.78 Å². The van der Waals surface area contributed by atoms with E-state index in [0.29, 0.717) is 12.1 Å². The van der Waals surface area contributed by atoms with Crippen molar-refractivity contribution >= 4 is 5.78 Å². The molecule has 0 atom stereocenters. The van der Waals surface area contributed by atoms with Gasteiger partial charge in [-0.1, -0.05) is 0 Å². The molecule has 6 nitrogen and oxygen atoms in total. The Morgan fingerprint density at radius 3 is 3.00 bits per heavy atom. The summed E-state index contributed by atoms with van der Waals surface area (Å²) in [6.07, 6.45) is 5.19. The third-order valence-corrected chi connectivity index (χ3v) is 1.82. The van der Waals surface area contributed by atoms with Gasteiger partial charge in [0.25, 0.3) is 0 Å². The van der Waals surface area contributed by atoms with Crippen molar-refractivity contribution in [3.05, 3.63) is 29.8 Å². The number of aromatic amines is 1. The van der Waals surface area contributed by atoms with Crippen LogP contribution in [0.3, 0.4) is 0 Å². The molecule has 2 aromatic rings. The normalized spacial score (nSPS) is 10.4. The van der Waals surface area contributed by atoms with E-state index in [1.807, 2.05) is 7.05 Å². The van der Waals surface area contributed by atoms with Gasteiger partial charge >= 0.3 is 0 Å². The first-order chi connectivity index (χ1) is 6.75. The molecule has 0 aliphatic carbocycles. The summed E-state index contributed by atoms with van der Waals surface area (Å²) in [5, 5.41) is 13.7. The highest BCUT2D eigenvalue weighted by atomic mass is 16.1. The van der Waals surface area contributed by atoms with E-state index in [1.165, 1.54) is 6.20 Å². The number of carbonyl (C=O) groups excluding carboxylic acids is 1. The largest absolute Gasteiger partial charge is 0.292 e. The molecular formula is C8H9N5O. The van der Waals surface area contributed by atoms with Gasteiger partial charge in [-0.05, 0) is 5.56 Å². The number of aryl methyl sites for hydroxylation is 1. The van der Waals surface area contributed by atoms with E-state index in [1.54, 1.807) is 17.1 Å². The molecule has 0 aromatic carbocycles. The Morgan fingerprint density at radius 1 is 1.57 bits per heavy atom. The molecule has 2 heterocycles. The van der Waals surface area contributed by atoms with Gasteiger partial charge in [-0.3, -0.25) is 9.48 Å². The van der Waals surface area contributed by atoms with Crippen molar-refractivity contribution in [2.24, 2.45) is 7.05 Å². The summed E-state index contributed by atoms with van der Waals surface area (Å²) >= 11 is 0. The third kappa shape index (κ3) is 1.68. The summed E-state index contributed by atoms with van der Waals surface area (Å²) in [7, 11) is 1.81. The average molecular weight is 191 g/mol. The van der Waals surface area contributed by atoms with Crippen LogP contribution in [0, 0.1) is 0 Å². The fraction of sp³-hybridized carbons (Fsp3) is 0.250. The van der Waals surface area contributed by atoms with Gasteiger partial charge in [0, 0.05) is 19.7 Å². The molecule has 0 fully saturated rings. The van der Waals surface area contributed by atoms with Crippen molar-refractivity contribution in [2.45, 2.75) is 6.42 Å². The van der Waals surface area contributed by atoms with E-state index >= 15 is 0 Å². The summed E-state index contributed by atoms with van der Waals surface area (Å²) in [6, 6.07) is 0. The third-order valence-electron chi connectivity index (χ3n) is 1.82. The molecule has 0 bridgehead atoms. The lowest BCUT2D eigenvalue weighted by Gasteiger charge is -1.91. The van der Waals surface area contributed by atoms with Gasteiger partial charge in [-0.15, -0.1) is 0 Å². The fourth-order valence-electron chi connectivity index (χ4n) is 1.18. The maximum absolute atomic E-state index is 11.5. The monoisotopic (exact) mass is 191 g/mol. The molecule has 2 rings (SSSR count). The SMILES string of the molecule is Cn1cc(CC(=O)c2cn[nH]n2)cn1. The Balaban J connectivity index is 2.09. The van der Waals surface area contributed by atoms with E-state index in [2.05, 4.69) is 20.5 Å². The lowest BCUT2D eigenvalue weighted by atomic mass is 10.1. The molecule has 2 aromatic heterocycles. The van der Waals surface area contributed by atoms with Crippen molar-refractivity contribution in [3.63, 3.8) is 0 Å². The first kappa shape index (κ1) is 8.61. The fourth-order valence-corrected chi connectivity index (χ4v) is 1.18. The van der Waals surface area contributed by atoms with Crippen LogP contribution in [0.2, 0.25) is 0 Å². The summed E-state index contributed by atoms with van der Waals surface area (Å²) in [5.74, 6) is -0.0632. The highest BCUT2D eigenvalue weighted by Gasteiger charge is 2.10. The number of hydrogen-bond acceptors (Lipinski definition) is 4. The van der Waals surface area contributed by atoms with Crippen molar-refractivity contribution in [3.8, 4) is 0 Å². The van der Waals surface area contributed by atoms with Gasteiger partial charge in [0.05, 0.1) is 12.4 Å². The summed E-state index contributed by atoms with van der Waals surface area (Å²) in [5.41, 5.74) is 1.23. The zero-order valence-corrected chi connectivity index (χ0v) is 7.64. The van der Waals surface area contributed by atoms with E-state index in [4.69, 9.17) is 0 Å². The average Bonchev–Trinajstić information content (AvgIpc) is 2.75. The van der Waals surface area contributed by atoms with Crippen LogP contribution in [0.5, 0.6) is 0 Å². The van der Waals surface area contributed by atoms with E-state index in [9.17, 15) is 4.79 Å². The number of nitrogens with one attached hydrogen (secondary N) is 1. The van der Waals surface area contributed by atoms with Crippen molar-refractivity contribution < 1.29 is 4.79 Å². The van der Waals surface area contributed by atoms with Crippen LogP contribution < -0.4 is 0 Å². The first-order valence-electron chi connectivity index (χ1n) is 4.12. The van der Waals surface area contributed by atoms with Gasteiger partial charge < -0.3 is 0 Å². The Labute approximate surface area is 79.9 Å². The Bertz CT molecular complexity index is 430. The predicted molar refractivity (Wildman–Crippen MR) is 47.6 cm³/mol. The van der Waals surface area contributed by atoms with Gasteiger partial charge in [0.1, 0.15) is 5.69 Å². The number of nitrogens with zero attached hydrogens (tertiary/aromatic N) is 4. The van der Waals surface area contributed by atoms with Crippen molar-refractivity contribution in [2.75, 3.05) is 0 Å². The number of hydrogen-bond donors (Lipinski definition) is 1. The van der Waals surface area contributed by atoms with Crippen LogP contribution in [0.1, 0.15) is 16.1 Å². The lowest BCUT2D eigenvalue weighted by molar-refractivity contribution is 0.0988. The molecule has 0 amide bonds. The Kier molecular flexibility index (Phi) is 2.10. The van der Waals surface area contributed by atoms with Crippen LogP contribution in [0.15, 0.2) is 18.6 Å². The Hall–Kier alpha value is -1.98. The maximum Gasteiger partial charge on any atom is 0.189 e. The minimum absolute atomic E-state index is 0.0632. The quantitative estimate of drug-likeness (QED) is 0.691. The summed E-state index contributed by atoms with van der Waals surface area (Å²) < 4.78 is 1.66. The van der Waals surface area contributed by atoms with Gasteiger partial charge in [-0.2, -0.15) is 20.5 Å². The van der Waals surface area contributed by atoms with Crippen molar-refractivity contribution in [1.82, 2.24) is 25.2 Å². The van der Waals surface area contributed by atoms with Crippen LogP contribution in [0.4, 0.5) is 0 Å². The molecule has 0 saturated carbocycles. The molecule has 0 radical (unpaired) electrons. The number of rotatable bonds is 3. The van der Waals surface area contributed by atoms with Crippen LogP contribution in [0.25, 0.3) is 0 Å². The molecule has 0 aliphatic heterocycles. The van der Waals surface area contributed by atoms with E-state index in [-0.39, 0.29) is 5.78 Å². The van der Waals surface area contributed by atoms with E-state index in [0.717, 1.165) is 5.56 Å². The molecule has 0 spiro atoms. The molecule has 6 heteroatoms. The molecule has 0 aliphatic rings. The highest BCUT2D eigenvalue weighted by molar-refractivity contribution is 5.95. The smallest absolute Gasteiger partial charge is 0.189 e. The number of Topliss-reactive ketones (excluding diaryl/α,β-unsaturated/α-hetero) is 1. The number of ketones is 1. The molecule has 0 unspecified atom stereocenters. The maximum atomic E-state index is 11.5. The summed E-state index contributed by atoms with van der Waals surface area (Å²) in [4.78, 5) is 11.5. The molecule has 1 N–H and O–H groups in total.